The fourth-order valence-electron chi connectivity index (χ4n) is 2.84. The van der Waals surface area contributed by atoms with Crippen LogP contribution in [0.3, 0.4) is 0 Å². The molecule has 0 bridgehead atoms. The number of ether oxygens (including phenoxy) is 1. The molecule has 0 saturated carbocycles. The molecule has 2 aromatic carbocycles. The molecule has 0 fully saturated rings. The monoisotopic (exact) mass is 412 g/mol. The van der Waals surface area contributed by atoms with E-state index in [9.17, 15) is 9.59 Å². The van der Waals surface area contributed by atoms with Gasteiger partial charge in [-0.3, -0.25) is 14.5 Å². The van der Waals surface area contributed by atoms with Gasteiger partial charge in [0, 0.05) is 24.7 Å². The van der Waals surface area contributed by atoms with Gasteiger partial charge in [0.25, 0.3) is 0 Å². The van der Waals surface area contributed by atoms with E-state index in [1.54, 1.807) is 54.7 Å². The smallest absolute Gasteiger partial charge is 0.238 e. The van der Waals surface area contributed by atoms with Gasteiger partial charge in [0.2, 0.25) is 11.8 Å². The Kier molecular flexibility index (Phi) is 7.15. The van der Waals surface area contributed by atoms with Crippen LogP contribution in [-0.2, 0) is 16.0 Å². The number of aromatic nitrogens is 1. The lowest BCUT2D eigenvalue weighted by atomic mass is 10.3. The van der Waals surface area contributed by atoms with E-state index in [2.05, 4.69) is 15.6 Å². The normalized spacial score (nSPS) is 10.9. The highest BCUT2D eigenvalue weighted by Crippen LogP contribution is 2.21. The maximum atomic E-state index is 12.2. The van der Waals surface area contributed by atoms with Crippen LogP contribution >= 0.6 is 11.3 Å². The van der Waals surface area contributed by atoms with Crippen LogP contribution in [0.1, 0.15) is 5.01 Å². The van der Waals surface area contributed by atoms with Crippen molar-refractivity contribution < 1.29 is 14.3 Å². The average Bonchev–Trinajstić information content (AvgIpc) is 3.10. The van der Waals surface area contributed by atoms with Gasteiger partial charge in [-0.15, -0.1) is 11.3 Å². The summed E-state index contributed by atoms with van der Waals surface area (Å²) in [4.78, 5) is 30.5. The molecule has 0 spiro atoms. The summed E-state index contributed by atoms with van der Waals surface area (Å²) >= 11 is 1.64. The maximum absolute atomic E-state index is 12.2. The minimum Gasteiger partial charge on any atom is -0.497 e. The summed E-state index contributed by atoms with van der Waals surface area (Å²) < 4.78 is 6.29. The Balaban J connectivity index is 1.38. The van der Waals surface area contributed by atoms with Crippen molar-refractivity contribution in [3.63, 3.8) is 0 Å². The first-order chi connectivity index (χ1) is 14.0. The molecular weight excluding hydrogens is 388 g/mol. The SMILES string of the molecule is COc1cccc(NC(=O)CN(C)CC(=O)NCCc2nc3ccccc3s2)c1. The first-order valence-electron chi connectivity index (χ1n) is 9.27. The molecule has 0 saturated heterocycles. The number of rotatable bonds is 9. The van der Waals surface area contributed by atoms with Crippen molar-refractivity contribution in [1.82, 2.24) is 15.2 Å². The molecule has 0 aliphatic heterocycles. The van der Waals surface area contributed by atoms with E-state index in [4.69, 9.17) is 4.74 Å². The van der Waals surface area contributed by atoms with Gasteiger partial charge in [-0.1, -0.05) is 18.2 Å². The fourth-order valence-corrected chi connectivity index (χ4v) is 3.81. The lowest BCUT2D eigenvalue weighted by Crippen LogP contribution is -2.39. The van der Waals surface area contributed by atoms with Crippen molar-refractivity contribution in [3.05, 3.63) is 53.5 Å². The lowest BCUT2D eigenvalue weighted by Gasteiger charge is -2.16. The molecular formula is C21H24N4O3S. The summed E-state index contributed by atoms with van der Waals surface area (Å²) in [7, 11) is 3.31. The number of likely N-dealkylation sites (N-methyl/N-ethyl adjacent to an activating group) is 1. The lowest BCUT2D eigenvalue weighted by molar-refractivity contribution is -0.122. The first-order valence-corrected chi connectivity index (χ1v) is 10.1. The van der Waals surface area contributed by atoms with E-state index in [1.807, 2.05) is 24.3 Å². The van der Waals surface area contributed by atoms with E-state index in [0.29, 0.717) is 24.4 Å². The van der Waals surface area contributed by atoms with Gasteiger partial charge in [0.15, 0.2) is 0 Å². The Morgan fingerprint density at radius 2 is 1.90 bits per heavy atom. The maximum Gasteiger partial charge on any atom is 0.238 e. The number of nitrogens with one attached hydrogen (secondary N) is 2. The van der Waals surface area contributed by atoms with Crippen LogP contribution in [0.15, 0.2) is 48.5 Å². The minimum atomic E-state index is -0.192. The topological polar surface area (TPSA) is 83.6 Å². The second-order valence-electron chi connectivity index (χ2n) is 6.63. The van der Waals surface area contributed by atoms with Crippen LogP contribution in [0.2, 0.25) is 0 Å². The van der Waals surface area contributed by atoms with Crippen LogP contribution in [0.5, 0.6) is 5.75 Å². The van der Waals surface area contributed by atoms with Crippen molar-refractivity contribution in [2.24, 2.45) is 0 Å². The molecule has 3 rings (SSSR count). The molecule has 29 heavy (non-hydrogen) atoms. The predicted octanol–water partition coefficient (Wildman–Crippen LogP) is 2.53. The zero-order valence-corrected chi connectivity index (χ0v) is 17.3. The average molecular weight is 413 g/mol. The third-order valence-corrected chi connectivity index (χ3v) is 5.28. The number of carbonyl (C=O) groups excluding carboxylic acids is 2. The summed E-state index contributed by atoms with van der Waals surface area (Å²) in [5, 5.41) is 6.68. The highest BCUT2D eigenvalue weighted by Gasteiger charge is 2.11. The second-order valence-corrected chi connectivity index (χ2v) is 7.74. The van der Waals surface area contributed by atoms with Crippen molar-refractivity contribution >= 4 is 39.1 Å². The Hall–Kier alpha value is -2.97. The predicted molar refractivity (Wildman–Crippen MR) is 115 cm³/mol. The molecule has 0 aliphatic carbocycles. The third kappa shape index (κ3) is 6.27. The van der Waals surface area contributed by atoms with Gasteiger partial charge in [0.1, 0.15) is 5.75 Å². The quantitative estimate of drug-likeness (QED) is 0.564. The second kappa shape index (κ2) is 9.99. The van der Waals surface area contributed by atoms with Gasteiger partial charge < -0.3 is 15.4 Å². The number of carbonyl (C=O) groups is 2. The largest absolute Gasteiger partial charge is 0.497 e. The number of para-hydroxylation sites is 1. The van der Waals surface area contributed by atoms with E-state index in [1.165, 1.54) is 0 Å². The van der Waals surface area contributed by atoms with E-state index < -0.39 is 0 Å². The zero-order valence-electron chi connectivity index (χ0n) is 16.5. The summed E-state index contributed by atoms with van der Waals surface area (Å²) in [6.07, 6.45) is 0.686. The molecule has 0 aliphatic rings. The van der Waals surface area contributed by atoms with Crippen LogP contribution < -0.4 is 15.4 Å². The molecule has 1 heterocycles. The van der Waals surface area contributed by atoms with E-state index in [0.717, 1.165) is 15.2 Å². The van der Waals surface area contributed by atoms with Crippen molar-refractivity contribution in [1.29, 1.82) is 0 Å². The van der Waals surface area contributed by atoms with Gasteiger partial charge in [-0.2, -0.15) is 0 Å². The Morgan fingerprint density at radius 1 is 1.10 bits per heavy atom. The van der Waals surface area contributed by atoms with Gasteiger partial charge in [-0.25, -0.2) is 4.98 Å². The number of nitrogens with zero attached hydrogens (tertiary/aromatic N) is 2. The number of anilines is 1. The molecule has 7 nitrogen and oxygen atoms in total. The molecule has 3 aromatic rings. The number of hydrogen-bond donors (Lipinski definition) is 2. The fraction of sp³-hybridized carbons (Fsp3) is 0.286. The molecule has 8 heteroatoms. The standard InChI is InChI=1S/C21H24N4O3S/c1-25(14-20(27)23-15-6-5-7-16(12-15)28-2)13-19(26)22-11-10-21-24-17-8-3-4-9-18(17)29-21/h3-9,12H,10-11,13-14H2,1-2H3,(H,22,26)(H,23,27). The van der Waals surface area contributed by atoms with Crippen LogP contribution in [0.25, 0.3) is 10.2 Å². The molecule has 0 radical (unpaired) electrons. The van der Waals surface area contributed by atoms with E-state index in [-0.39, 0.29) is 24.9 Å². The molecule has 0 unspecified atom stereocenters. The highest BCUT2D eigenvalue weighted by molar-refractivity contribution is 7.18. The zero-order chi connectivity index (χ0) is 20.6. The van der Waals surface area contributed by atoms with Crippen molar-refractivity contribution in [2.45, 2.75) is 6.42 Å². The van der Waals surface area contributed by atoms with Crippen molar-refractivity contribution in [2.75, 3.05) is 39.1 Å². The van der Waals surface area contributed by atoms with Crippen LogP contribution in [0, 0.1) is 0 Å². The summed E-state index contributed by atoms with van der Waals surface area (Å²) in [5.74, 6) is 0.356. The number of benzene rings is 2. The first kappa shape index (κ1) is 20.8. The molecule has 0 atom stereocenters. The summed E-state index contributed by atoms with van der Waals surface area (Å²) in [6, 6.07) is 15.1. The molecule has 2 amide bonds. The van der Waals surface area contributed by atoms with Crippen LogP contribution in [-0.4, -0.2) is 55.5 Å². The minimum absolute atomic E-state index is 0.114. The number of hydrogen-bond acceptors (Lipinski definition) is 6. The summed E-state index contributed by atoms with van der Waals surface area (Å²) in [5.41, 5.74) is 1.64. The van der Waals surface area contributed by atoms with Crippen LogP contribution in [0.4, 0.5) is 5.69 Å². The number of fused-ring (bicyclic) bond motifs is 1. The third-order valence-electron chi connectivity index (χ3n) is 4.18. The number of methoxy groups -OCH3 is 1. The highest BCUT2D eigenvalue weighted by atomic mass is 32.1. The number of thiazole rings is 1. The van der Waals surface area contributed by atoms with E-state index >= 15 is 0 Å². The van der Waals surface area contributed by atoms with Gasteiger partial charge >= 0.3 is 0 Å². The molecule has 152 valence electrons. The number of amides is 2. The summed E-state index contributed by atoms with van der Waals surface area (Å²) in [6.45, 7) is 0.774. The Labute approximate surface area is 173 Å². The Morgan fingerprint density at radius 3 is 2.69 bits per heavy atom. The van der Waals surface area contributed by atoms with Gasteiger partial charge in [-0.05, 0) is 31.3 Å². The molecule has 2 N–H and O–H groups in total. The van der Waals surface area contributed by atoms with Crippen molar-refractivity contribution in [3.8, 4) is 5.75 Å². The Bertz CT molecular complexity index is 956. The molecule has 1 aromatic heterocycles. The van der Waals surface area contributed by atoms with Gasteiger partial charge in [0.05, 0.1) is 35.4 Å².